The fraction of sp³-hybridized carbons (Fsp3) is 0.0222. The zero-order valence-corrected chi connectivity index (χ0v) is 28.6. The average Bonchev–Trinajstić information content (AvgIpc) is 3.66. The highest BCUT2D eigenvalue weighted by molar-refractivity contribution is 7.26. The maximum atomic E-state index is 5.42. The smallest absolute Gasteiger partial charge is 0.187 e. The Labute approximate surface area is 292 Å². The lowest BCUT2D eigenvalue weighted by Crippen LogP contribution is -2.59. The van der Waals surface area contributed by atoms with E-state index in [4.69, 9.17) is 19.9 Å². The Bertz CT molecular complexity index is 2580. The number of allylic oxidation sites excluding steroid dienone is 6. The molecule has 50 heavy (non-hydrogen) atoms. The van der Waals surface area contributed by atoms with Gasteiger partial charge >= 0.3 is 0 Å². The number of aliphatic imine (C=N–C) groups is 1. The fourth-order valence-electron chi connectivity index (χ4n) is 8.03. The van der Waals surface area contributed by atoms with Crippen molar-refractivity contribution in [2.24, 2.45) is 4.99 Å². The quantitative estimate of drug-likeness (QED) is 0.102. The van der Waals surface area contributed by atoms with Crippen molar-refractivity contribution in [3.63, 3.8) is 0 Å². The van der Waals surface area contributed by atoms with Crippen LogP contribution in [0.4, 0.5) is 0 Å². The van der Waals surface area contributed by atoms with Crippen molar-refractivity contribution in [2.75, 3.05) is 7.05 Å². The molecule has 0 unspecified atom stereocenters. The van der Waals surface area contributed by atoms with Gasteiger partial charge in [0.25, 0.3) is 0 Å². The van der Waals surface area contributed by atoms with Gasteiger partial charge in [0, 0.05) is 35.2 Å². The number of rotatable bonds is 6. The van der Waals surface area contributed by atoms with E-state index < -0.39 is 8.07 Å². The number of hydrogen-bond acceptors (Lipinski definition) is 4. The number of para-hydroxylation sites is 2. The van der Waals surface area contributed by atoms with Gasteiger partial charge in [-0.25, -0.2) is 9.97 Å². The Morgan fingerprint density at radius 1 is 0.600 bits per heavy atom. The molecule has 2 aliphatic heterocycles. The highest BCUT2D eigenvalue weighted by Gasteiger charge is 2.59. The number of pyridine rings is 3. The molecule has 0 fully saturated rings. The second-order valence-corrected chi connectivity index (χ2v) is 16.1. The molecule has 7 aromatic rings. The molecule has 4 aromatic carbocycles. The summed E-state index contributed by atoms with van der Waals surface area (Å²) < 4.78 is 0. The van der Waals surface area contributed by atoms with E-state index in [9.17, 15) is 0 Å². The molecule has 0 radical (unpaired) electrons. The van der Waals surface area contributed by atoms with Crippen LogP contribution in [-0.4, -0.2) is 35.8 Å². The van der Waals surface area contributed by atoms with Crippen LogP contribution < -0.4 is 10.4 Å². The molecule has 0 bridgehead atoms. The van der Waals surface area contributed by atoms with Gasteiger partial charge in [-0.3, -0.25) is 9.98 Å². The lowest BCUT2D eigenvalue weighted by Gasteiger charge is -2.32. The molecule has 4 nitrogen and oxygen atoms in total. The first-order valence-electron chi connectivity index (χ1n) is 16.8. The van der Waals surface area contributed by atoms with E-state index >= 15 is 0 Å². The maximum absolute atomic E-state index is 5.42. The first-order valence-corrected chi connectivity index (χ1v) is 18.8. The van der Waals surface area contributed by atoms with E-state index in [1.54, 1.807) is 0 Å². The minimum absolute atomic E-state index is 0.886. The monoisotopic (exact) mass is 656 g/mol. The minimum atomic E-state index is -3.17. The molecule has 2 aliphatic rings. The Kier molecular flexibility index (Phi) is 7.15. The van der Waals surface area contributed by atoms with Crippen LogP contribution in [-0.2, 0) is 0 Å². The molecule has 1 spiro atoms. The maximum Gasteiger partial charge on any atom is 0.187 e. The molecule has 9 rings (SSSR count). The Hall–Kier alpha value is -6.30. The predicted octanol–water partition coefficient (Wildman–Crippen LogP) is 8.69. The Balaban J connectivity index is 1.55. The van der Waals surface area contributed by atoms with Crippen LogP contribution in [0.3, 0.4) is 0 Å². The van der Waals surface area contributed by atoms with E-state index in [-0.39, 0.29) is 0 Å². The van der Waals surface area contributed by atoms with Crippen LogP contribution in [0.1, 0.15) is 17.1 Å². The lowest BCUT2D eigenvalue weighted by atomic mass is 9.94. The minimum Gasteiger partial charge on any atom is -0.289 e. The summed E-state index contributed by atoms with van der Waals surface area (Å²) in [6.07, 6.45) is 7.82. The summed E-state index contributed by atoms with van der Waals surface area (Å²) in [5.74, 6) is 0. The molecule has 0 N–H and O–H groups in total. The number of aromatic nitrogens is 3. The zero-order valence-electron chi connectivity index (χ0n) is 27.6. The molecule has 0 saturated carbocycles. The van der Waals surface area contributed by atoms with Crippen LogP contribution >= 0.6 is 0 Å². The summed E-state index contributed by atoms with van der Waals surface area (Å²) in [7, 11) is -1.28. The van der Waals surface area contributed by atoms with Gasteiger partial charge < -0.3 is 0 Å². The van der Waals surface area contributed by atoms with Gasteiger partial charge in [-0.05, 0) is 74.4 Å². The first-order chi connectivity index (χ1) is 24.7. The second kappa shape index (κ2) is 12.0. The summed E-state index contributed by atoms with van der Waals surface area (Å²) in [6, 6.07) is 49.4. The number of fused-ring (bicyclic) bond motifs is 7. The molecular formula is C45H32N4Si. The van der Waals surface area contributed by atoms with Gasteiger partial charge in [0.05, 0.1) is 33.8 Å². The van der Waals surface area contributed by atoms with Crippen molar-refractivity contribution in [3.05, 3.63) is 193 Å². The van der Waals surface area contributed by atoms with Crippen molar-refractivity contribution in [1.29, 1.82) is 0 Å². The molecule has 0 atom stereocenters. The normalized spacial score (nSPS) is 15.0. The molecule has 0 aliphatic carbocycles. The van der Waals surface area contributed by atoms with Crippen LogP contribution in [0.25, 0.3) is 49.3 Å². The van der Waals surface area contributed by atoms with Gasteiger partial charge in [-0.15, -0.1) is 0 Å². The highest BCUT2D eigenvalue weighted by Crippen LogP contribution is 2.54. The molecule has 0 amide bonds. The molecule has 5 heteroatoms. The lowest BCUT2D eigenvalue weighted by molar-refractivity contribution is 1.28. The largest absolute Gasteiger partial charge is 0.289 e. The third-order valence-corrected chi connectivity index (χ3v) is 15.0. The van der Waals surface area contributed by atoms with E-state index in [2.05, 4.69) is 146 Å². The summed E-state index contributed by atoms with van der Waals surface area (Å²) in [5, 5.41) is 7.21. The van der Waals surface area contributed by atoms with Crippen molar-refractivity contribution in [3.8, 4) is 11.1 Å². The summed E-state index contributed by atoms with van der Waals surface area (Å²) in [6.45, 7) is 4.03. The van der Waals surface area contributed by atoms with Gasteiger partial charge in [0.1, 0.15) is 0 Å². The third-order valence-electron chi connectivity index (χ3n) is 9.97. The van der Waals surface area contributed by atoms with Gasteiger partial charge in [0.2, 0.25) is 0 Å². The van der Waals surface area contributed by atoms with Crippen molar-refractivity contribution in [1.82, 2.24) is 15.0 Å². The molecule has 236 valence electrons. The van der Waals surface area contributed by atoms with Crippen molar-refractivity contribution in [2.45, 2.75) is 0 Å². The zero-order chi connectivity index (χ0) is 33.7. The Morgan fingerprint density at radius 2 is 1.16 bits per heavy atom. The number of nitrogens with zero attached hydrogens (tertiary/aromatic N) is 4. The second-order valence-electron chi connectivity index (χ2n) is 12.5. The van der Waals surface area contributed by atoms with Crippen molar-refractivity contribution < 1.29 is 0 Å². The van der Waals surface area contributed by atoms with Gasteiger partial charge in [0.15, 0.2) is 8.07 Å². The van der Waals surface area contributed by atoms with Crippen molar-refractivity contribution >= 4 is 62.3 Å². The topological polar surface area (TPSA) is 51.0 Å². The van der Waals surface area contributed by atoms with E-state index in [0.717, 1.165) is 55.7 Å². The predicted molar refractivity (Wildman–Crippen MR) is 211 cm³/mol. The van der Waals surface area contributed by atoms with Crippen LogP contribution in [0.2, 0.25) is 0 Å². The van der Waals surface area contributed by atoms with E-state index in [1.807, 2.05) is 31.5 Å². The summed E-state index contributed by atoms with van der Waals surface area (Å²) in [5.41, 5.74) is 10.1. The summed E-state index contributed by atoms with van der Waals surface area (Å²) in [4.78, 5) is 21.1. The van der Waals surface area contributed by atoms with E-state index in [0.29, 0.717) is 0 Å². The average molecular weight is 657 g/mol. The van der Waals surface area contributed by atoms with Gasteiger partial charge in [-0.1, -0.05) is 122 Å². The first kappa shape index (κ1) is 29.8. The molecule has 3 aromatic heterocycles. The molecule has 0 saturated heterocycles. The van der Waals surface area contributed by atoms with Crippen LogP contribution in [0.5, 0.6) is 0 Å². The third kappa shape index (κ3) is 4.37. The molecular weight excluding hydrogens is 625 g/mol. The Morgan fingerprint density at radius 3 is 1.74 bits per heavy atom. The molecule has 5 heterocycles. The SMILES string of the molecule is C=C/C=C\C(=NC)C1=C(c2ccc3ccccc3n2)C(c2ccc3ccccc3n2)=C(c2ccccn2)[Si]12c1ccccc1-c1ccccc12. The number of benzene rings is 4. The highest BCUT2D eigenvalue weighted by atomic mass is 28.3. The standard InChI is InChI=1S/C45H32N4Si/c1-3-4-19-38(46-2)44-42(36-27-25-30-15-5-9-20-34(30)48-36)43(37-28-26-31-16-6-10-21-35(31)49-37)45(39-22-13-14-29-47-39)50(44)40-23-11-7-17-32(40)33-18-8-12-24-41(33)50/h3-29H,1H2,2H3/b19-4-,46-38?. The summed E-state index contributed by atoms with van der Waals surface area (Å²) >= 11 is 0. The number of hydrogen-bond donors (Lipinski definition) is 0. The van der Waals surface area contributed by atoms with Crippen LogP contribution in [0, 0.1) is 0 Å². The van der Waals surface area contributed by atoms with Gasteiger partial charge in [-0.2, -0.15) is 0 Å². The van der Waals surface area contributed by atoms with Crippen LogP contribution in [0.15, 0.2) is 181 Å². The van der Waals surface area contributed by atoms with E-state index in [1.165, 1.54) is 31.9 Å². The fourth-order valence-corrected chi connectivity index (χ4v) is 13.9.